The highest BCUT2D eigenvalue weighted by Crippen LogP contribution is 2.14. The number of nitrogens with two attached hydrogens (primary N) is 1. The molecule has 1 heterocycles. The van der Waals surface area contributed by atoms with Crippen molar-refractivity contribution in [3.8, 4) is 0 Å². The number of esters is 1. The maximum atomic E-state index is 11.6. The predicted octanol–water partition coefficient (Wildman–Crippen LogP) is 2.00. The van der Waals surface area contributed by atoms with Crippen LogP contribution in [0.5, 0.6) is 0 Å². The monoisotopic (exact) mass is 259 g/mol. The Balaban J connectivity index is 2.21. The van der Waals surface area contributed by atoms with Gasteiger partial charge in [0.15, 0.2) is 5.69 Å². The first-order valence-corrected chi connectivity index (χ1v) is 6.16. The van der Waals surface area contributed by atoms with Gasteiger partial charge in [-0.1, -0.05) is 24.3 Å². The van der Waals surface area contributed by atoms with Crippen LogP contribution in [0.2, 0.25) is 0 Å². The molecule has 0 aliphatic rings. The average Bonchev–Trinajstić information content (AvgIpc) is 2.74. The molecule has 0 radical (unpaired) electrons. The second-order valence-electron chi connectivity index (χ2n) is 4.28. The Morgan fingerprint density at radius 2 is 2.16 bits per heavy atom. The van der Waals surface area contributed by atoms with Gasteiger partial charge in [0.2, 0.25) is 0 Å². The number of carbonyl (C=O) groups is 1. The molecule has 5 heteroatoms. The summed E-state index contributed by atoms with van der Waals surface area (Å²) in [7, 11) is 0. The minimum Gasteiger partial charge on any atom is -0.461 e. The number of benzene rings is 1. The molecule has 0 fully saturated rings. The molecule has 0 saturated heterocycles. The highest BCUT2D eigenvalue weighted by molar-refractivity contribution is 5.92. The topological polar surface area (TPSA) is 70.1 Å². The second-order valence-corrected chi connectivity index (χ2v) is 4.28. The van der Waals surface area contributed by atoms with Crippen molar-refractivity contribution in [2.75, 3.05) is 12.3 Å². The lowest BCUT2D eigenvalue weighted by atomic mass is 10.1. The third-order valence-corrected chi connectivity index (χ3v) is 2.85. The van der Waals surface area contributed by atoms with Gasteiger partial charge in [-0.05, 0) is 25.0 Å². The van der Waals surface area contributed by atoms with E-state index in [2.05, 4.69) is 5.10 Å². The highest BCUT2D eigenvalue weighted by atomic mass is 16.5. The van der Waals surface area contributed by atoms with Crippen molar-refractivity contribution in [1.29, 1.82) is 0 Å². The zero-order valence-electron chi connectivity index (χ0n) is 11.1. The van der Waals surface area contributed by atoms with Crippen molar-refractivity contribution in [3.05, 3.63) is 47.3 Å². The minimum absolute atomic E-state index is 0.176. The van der Waals surface area contributed by atoms with Crippen molar-refractivity contribution in [2.24, 2.45) is 0 Å². The summed E-state index contributed by atoms with van der Waals surface area (Å²) in [6, 6.07) is 8.02. The fourth-order valence-corrected chi connectivity index (χ4v) is 1.84. The summed E-state index contributed by atoms with van der Waals surface area (Å²) in [6.45, 7) is 4.67. The van der Waals surface area contributed by atoms with E-state index in [0.29, 0.717) is 18.8 Å². The summed E-state index contributed by atoms with van der Waals surface area (Å²) in [5.74, 6) is -0.483. The van der Waals surface area contributed by atoms with E-state index in [1.807, 2.05) is 31.2 Å². The number of nitrogens with zero attached hydrogens (tertiary/aromatic N) is 2. The van der Waals surface area contributed by atoms with Crippen LogP contribution < -0.4 is 5.73 Å². The summed E-state index contributed by atoms with van der Waals surface area (Å²) in [4.78, 5) is 11.6. The molecule has 2 rings (SSSR count). The van der Waals surface area contributed by atoms with Gasteiger partial charge in [-0.25, -0.2) is 4.79 Å². The third-order valence-electron chi connectivity index (χ3n) is 2.85. The van der Waals surface area contributed by atoms with E-state index in [9.17, 15) is 4.79 Å². The molecule has 0 atom stereocenters. The first kappa shape index (κ1) is 13.1. The van der Waals surface area contributed by atoms with E-state index in [-0.39, 0.29) is 5.69 Å². The number of aryl methyl sites for hydroxylation is 1. The molecule has 0 aliphatic heterocycles. The van der Waals surface area contributed by atoms with Crippen molar-refractivity contribution in [3.63, 3.8) is 0 Å². The lowest BCUT2D eigenvalue weighted by molar-refractivity contribution is 0.0519. The van der Waals surface area contributed by atoms with Crippen LogP contribution in [0.25, 0.3) is 0 Å². The number of nitrogen functional groups attached to an aromatic ring is 1. The summed E-state index contributed by atoms with van der Waals surface area (Å²) >= 11 is 0. The molecular weight excluding hydrogens is 242 g/mol. The van der Waals surface area contributed by atoms with Crippen LogP contribution in [0.15, 0.2) is 30.5 Å². The number of hydrogen-bond donors (Lipinski definition) is 1. The predicted molar refractivity (Wildman–Crippen MR) is 72.9 cm³/mol. The molecule has 0 aliphatic carbocycles. The molecule has 100 valence electrons. The van der Waals surface area contributed by atoms with Gasteiger partial charge in [0.1, 0.15) is 0 Å². The van der Waals surface area contributed by atoms with Gasteiger partial charge in [-0.2, -0.15) is 5.10 Å². The van der Waals surface area contributed by atoms with E-state index < -0.39 is 5.97 Å². The molecule has 0 spiro atoms. The summed E-state index contributed by atoms with van der Waals surface area (Å²) in [5.41, 5.74) is 8.61. The van der Waals surface area contributed by atoms with E-state index in [1.165, 1.54) is 5.56 Å². The van der Waals surface area contributed by atoms with Crippen LogP contribution in [0, 0.1) is 6.92 Å². The number of aromatic nitrogens is 2. The maximum Gasteiger partial charge on any atom is 0.361 e. The van der Waals surface area contributed by atoms with E-state index in [1.54, 1.807) is 17.8 Å². The molecule has 1 aromatic carbocycles. The van der Waals surface area contributed by atoms with Crippen molar-refractivity contribution in [2.45, 2.75) is 20.4 Å². The summed E-state index contributed by atoms with van der Waals surface area (Å²) in [5, 5.41) is 4.18. The van der Waals surface area contributed by atoms with Crippen LogP contribution in [-0.2, 0) is 11.3 Å². The van der Waals surface area contributed by atoms with E-state index in [0.717, 1.165) is 5.56 Å². The SMILES string of the molecule is CCOC(=O)c1nn(Cc2ccccc2C)cc1N. The first-order valence-electron chi connectivity index (χ1n) is 6.16. The standard InChI is InChI=1S/C14H17N3O2/c1-3-19-14(18)13-12(15)9-17(16-13)8-11-7-5-4-6-10(11)2/h4-7,9H,3,8,15H2,1-2H3. The van der Waals surface area contributed by atoms with Crippen molar-refractivity contribution in [1.82, 2.24) is 9.78 Å². The van der Waals surface area contributed by atoms with Gasteiger partial charge in [0, 0.05) is 6.20 Å². The van der Waals surface area contributed by atoms with Crippen LogP contribution in [0.4, 0.5) is 5.69 Å². The molecule has 0 unspecified atom stereocenters. The summed E-state index contributed by atoms with van der Waals surface area (Å²) < 4.78 is 6.56. The number of hydrogen-bond acceptors (Lipinski definition) is 4. The van der Waals surface area contributed by atoms with Crippen molar-refractivity contribution < 1.29 is 9.53 Å². The van der Waals surface area contributed by atoms with Crippen LogP contribution in [0.3, 0.4) is 0 Å². The Kier molecular flexibility index (Phi) is 3.85. The maximum absolute atomic E-state index is 11.6. The van der Waals surface area contributed by atoms with Crippen LogP contribution in [-0.4, -0.2) is 22.4 Å². The molecule has 2 N–H and O–H groups in total. The number of rotatable bonds is 4. The molecule has 0 amide bonds. The fraction of sp³-hybridized carbons (Fsp3) is 0.286. The number of anilines is 1. The Morgan fingerprint density at radius 1 is 1.42 bits per heavy atom. The molecule has 0 bridgehead atoms. The largest absolute Gasteiger partial charge is 0.461 e. The average molecular weight is 259 g/mol. The third kappa shape index (κ3) is 2.93. The highest BCUT2D eigenvalue weighted by Gasteiger charge is 2.16. The molecule has 5 nitrogen and oxygen atoms in total. The summed E-state index contributed by atoms with van der Waals surface area (Å²) in [6.07, 6.45) is 1.65. The Labute approximate surface area is 112 Å². The zero-order valence-corrected chi connectivity index (χ0v) is 11.1. The van der Waals surface area contributed by atoms with E-state index >= 15 is 0 Å². The quantitative estimate of drug-likeness (QED) is 0.852. The van der Waals surface area contributed by atoms with Crippen LogP contribution >= 0.6 is 0 Å². The Hall–Kier alpha value is -2.30. The second kappa shape index (κ2) is 5.56. The molecular formula is C14H17N3O2. The zero-order chi connectivity index (χ0) is 13.8. The van der Waals surface area contributed by atoms with Gasteiger partial charge in [0.25, 0.3) is 0 Å². The van der Waals surface area contributed by atoms with Gasteiger partial charge in [-0.15, -0.1) is 0 Å². The lowest BCUT2D eigenvalue weighted by Gasteiger charge is -2.05. The normalized spacial score (nSPS) is 10.4. The van der Waals surface area contributed by atoms with E-state index in [4.69, 9.17) is 10.5 Å². The van der Waals surface area contributed by atoms with Gasteiger partial charge < -0.3 is 10.5 Å². The lowest BCUT2D eigenvalue weighted by Crippen LogP contribution is -2.09. The molecule has 2 aromatic rings. The smallest absolute Gasteiger partial charge is 0.361 e. The fourth-order valence-electron chi connectivity index (χ4n) is 1.84. The number of ether oxygens (including phenoxy) is 1. The number of carbonyl (C=O) groups excluding carboxylic acids is 1. The van der Waals surface area contributed by atoms with Crippen molar-refractivity contribution >= 4 is 11.7 Å². The van der Waals surface area contributed by atoms with Crippen LogP contribution in [0.1, 0.15) is 28.5 Å². The Bertz CT molecular complexity index is 590. The molecule has 0 saturated carbocycles. The molecule has 1 aromatic heterocycles. The minimum atomic E-state index is -0.483. The van der Waals surface area contributed by atoms with Gasteiger partial charge in [-0.3, -0.25) is 4.68 Å². The van der Waals surface area contributed by atoms with Gasteiger partial charge in [0.05, 0.1) is 18.8 Å². The van der Waals surface area contributed by atoms with Gasteiger partial charge >= 0.3 is 5.97 Å². The first-order chi connectivity index (χ1) is 9.11. The molecule has 19 heavy (non-hydrogen) atoms. The Morgan fingerprint density at radius 3 is 2.84 bits per heavy atom.